The molecule has 0 spiro atoms. The summed E-state index contributed by atoms with van der Waals surface area (Å²) < 4.78 is 66.8. The van der Waals surface area contributed by atoms with E-state index in [-0.39, 0.29) is 27.6 Å². The third-order valence-corrected chi connectivity index (χ3v) is 6.66. The third kappa shape index (κ3) is 5.81. The van der Waals surface area contributed by atoms with Crippen molar-refractivity contribution in [2.24, 2.45) is 0 Å². The van der Waals surface area contributed by atoms with Crippen molar-refractivity contribution in [3.63, 3.8) is 0 Å². The summed E-state index contributed by atoms with van der Waals surface area (Å²) >= 11 is 0.823. The number of carbonyl (C=O) groups excluding carboxylic acids is 2. The van der Waals surface area contributed by atoms with E-state index in [0.717, 1.165) is 35.6 Å². The van der Waals surface area contributed by atoms with Gasteiger partial charge in [-0.1, -0.05) is 11.3 Å². The number of alkyl halides is 3. The van der Waals surface area contributed by atoms with Crippen LogP contribution in [0.5, 0.6) is 5.75 Å². The van der Waals surface area contributed by atoms with Gasteiger partial charge >= 0.3 is 12.2 Å². The summed E-state index contributed by atoms with van der Waals surface area (Å²) in [5.74, 6) is -2.20. The van der Waals surface area contributed by atoms with Crippen LogP contribution in [-0.2, 0) is 15.1 Å². The highest BCUT2D eigenvalue weighted by molar-refractivity contribution is 7.22. The molecule has 3 amide bonds. The van der Waals surface area contributed by atoms with Gasteiger partial charge in [-0.2, -0.15) is 13.2 Å². The molecular formula is C24H24F4N4O5S. The first kappa shape index (κ1) is 27.5. The number of hydrogen-bond donors (Lipinski definition) is 4. The standard InChI is InChI=1S/C24H24F4N4O5S/c1-2-29-20(33)23(35,24(26,27)28)13-11-17(37-16-7-9-36-10-8-16)19-18(12-13)38-22(31-19)32-21(34)30-15-5-3-14(25)4-6-15/h3-6,11-12,16,35H,2,7-10H2,1H3,(H,29,33)(H2,30,31,32,34)/t23-/m1/s1. The average Bonchev–Trinajstić information content (AvgIpc) is 3.27. The van der Waals surface area contributed by atoms with E-state index in [1.54, 1.807) is 0 Å². The van der Waals surface area contributed by atoms with Crippen molar-refractivity contribution in [1.29, 1.82) is 0 Å². The summed E-state index contributed by atoms with van der Waals surface area (Å²) in [5.41, 5.74) is -4.17. The van der Waals surface area contributed by atoms with Crippen molar-refractivity contribution in [1.82, 2.24) is 10.3 Å². The Labute approximate surface area is 218 Å². The summed E-state index contributed by atoms with van der Waals surface area (Å²) in [6.45, 7) is 2.08. The van der Waals surface area contributed by atoms with E-state index in [4.69, 9.17) is 9.47 Å². The van der Waals surface area contributed by atoms with Gasteiger partial charge in [0.1, 0.15) is 23.2 Å². The van der Waals surface area contributed by atoms with Crippen LogP contribution in [0.3, 0.4) is 0 Å². The van der Waals surface area contributed by atoms with Crippen LogP contribution in [0, 0.1) is 5.82 Å². The van der Waals surface area contributed by atoms with Gasteiger partial charge in [0.05, 0.1) is 17.9 Å². The molecule has 0 saturated carbocycles. The van der Waals surface area contributed by atoms with Crippen LogP contribution in [0.15, 0.2) is 36.4 Å². The predicted molar refractivity (Wildman–Crippen MR) is 132 cm³/mol. The Kier molecular flexibility index (Phi) is 8.04. The van der Waals surface area contributed by atoms with Gasteiger partial charge in [0.2, 0.25) is 0 Å². The van der Waals surface area contributed by atoms with Gasteiger partial charge in [0.15, 0.2) is 5.13 Å². The number of nitrogens with one attached hydrogen (secondary N) is 3. The molecule has 1 aliphatic rings. The van der Waals surface area contributed by atoms with E-state index in [9.17, 15) is 32.3 Å². The number of anilines is 2. The number of urea groups is 1. The summed E-state index contributed by atoms with van der Waals surface area (Å²) in [5, 5.41) is 17.7. The van der Waals surface area contributed by atoms with Gasteiger partial charge in [-0.25, -0.2) is 14.2 Å². The zero-order valence-electron chi connectivity index (χ0n) is 20.0. The van der Waals surface area contributed by atoms with E-state index < -0.39 is 41.2 Å². The molecule has 4 rings (SSSR count). The minimum atomic E-state index is -5.35. The first-order chi connectivity index (χ1) is 18.0. The zero-order valence-corrected chi connectivity index (χ0v) is 20.8. The summed E-state index contributed by atoms with van der Waals surface area (Å²) in [4.78, 5) is 29.2. The highest BCUT2D eigenvalue weighted by Crippen LogP contribution is 2.44. The topological polar surface area (TPSA) is 122 Å². The number of thiazole rings is 1. The smallest absolute Gasteiger partial charge is 0.430 e. The molecule has 3 aromatic rings. The molecule has 0 unspecified atom stereocenters. The molecule has 0 bridgehead atoms. The molecule has 1 aliphatic heterocycles. The summed E-state index contributed by atoms with van der Waals surface area (Å²) in [7, 11) is 0. The number of rotatable bonds is 7. The number of carbonyl (C=O) groups is 2. The van der Waals surface area contributed by atoms with Crippen molar-refractivity contribution >= 4 is 44.3 Å². The maximum absolute atomic E-state index is 14.1. The second-order valence-electron chi connectivity index (χ2n) is 8.42. The van der Waals surface area contributed by atoms with Gasteiger partial charge in [-0.15, -0.1) is 0 Å². The number of fused-ring (bicyclic) bond motifs is 1. The largest absolute Gasteiger partial charge is 0.488 e. The fraction of sp³-hybridized carbons (Fsp3) is 0.375. The molecule has 1 atom stereocenters. The lowest BCUT2D eigenvalue weighted by Gasteiger charge is -2.30. The molecular weight excluding hydrogens is 532 g/mol. The van der Waals surface area contributed by atoms with Crippen LogP contribution >= 0.6 is 11.3 Å². The van der Waals surface area contributed by atoms with E-state index >= 15 is 0 Å². The minimum absolute atomic E-state index is 0.0159. The number of aromatic nitrogens is 1. The molecule has 9 nitrogen and oxygen atoms in total. The van der Waals surface area contributed by atoms with Gasteiger partial charge in [0.25, 0.3) is 11.5 Å². The molecule has 38 heavy (non-hydrogen) atoms. The third-order valence-electron chi connectivity index (χ3n) is 5.74. The van der Waals surface area contributed by atoms with E-state index in [1.165, 1.54) is 19.1 Å². The predicted octanol–water partition coefficient (Wildman–Crippen LogP) is 4.52. The van der Waals surface area contributed by atoms with Crippen molar-refractivity contribution in [3.05, 3.63) is 47.8 Å². The molecule has 1 aromatic heterocycles. The maximum Gasteiger partial charge on any atom is 0.430 e. The van der Waals surface area contributed by atoms with Gasteiger partial charge in [0, 0.05) is 30.6 Å². The van der Waals surface area contributed by atoms with Crippen LogP contribution in [0.25, 0.3) is 10.2 Å². The number of nitrogens with zero attached hydrogens (tertiary/aromatic N) is 1. The van der Waals surface area contributed by atoms with Crippen molar-refractivity contribution in [2.45, 2.75) is 37.6 Å². The van der Waals surface area contributed by atoms with Crippen LogP contribution in [0.4, 0.5) is 33.2 Å². The monoisotopic (exact) mass is 556 g/mol. The normalized spacial score (nSPS) is 16.1. The highest BCUT2D eigenvalue weighted by Gasteiger charge is 2.61. The Morgan fingerprint density at radius 3 is 2.47 bits per heavy atom. The maximum atomic E-state index is 14.1. The number of amides is 3. The molecule has 1 fully saturated rings. The number of benzene rings is 2. The van der Waals surface area contributed by atoms with E-state index in [2.05, 4.69) is 15.6 Å². The van der Waals surface area contributed by atoms with E-state index in [0.29, 0.717) is 31.7 Å². The zero-order chi connectivity index (χ0) is 27.5. The van der Waals surface area contributed by atoms with Crippen LogP contribution in [0.1, 0.15) is 25.3 Å². The first-order valence-corrected chi connectivity index (χ1v) is 12.4. The number of ether oxygens (including phenoxy) is 2. The van der Waals surface area contributed by atoms with E-state index in [1.807, 2.05) is 5.32 Å². The summed E-state index contributed by atoms with van der Waals surface area (Å²) in [6.07, 6.45) is -4.80. The minimum Gasteiger partial charge on any atom is -0.488 e. The highest BCUT2D eigenvalue weighted by atomic mass is 32.1. The van der Waals surface area contributed by atoms with Crippen molar-refractivity contribution in [3.8, 4) is 5.75 Å². The SMILES string of the molecule is CCNC(=O)[C@](O)(c1cc(OC2CCOCC2)c2nc(NC(=O)Nc3ccc(F)cc3)sc2c1)C(F)(F)F. The fourth-order valence-electron chi connectivity index (χ4n) is 3.83. The number of halogens is 4. The van der Waals surface area contributed by atoms with Crippen LogP contribution in [0.2, 0.25) is 0 Å². The molecule has 2 heterocycles. The van der Waals surface area contributed by atoms with Crippen LogP contribution in [-0.4, -0.2) is 54.1 Å². The second kappa shape index (κ2) is 11.1. The van der Waals surface area contributed by atoms with Gasteiger partial charge < -0.3 is 25.2 Å². The number of aliphatic hydroxyl groups is 1. The Balaban J connectivity index is 1.72. The number of likely N-dealkylation sites (N-methyl/N-ethyl adjacent to an activating group) is 1. The van der Waals surface area contributed by atoms with Crippen molar-refractivity contribution < 1.29 is 41.7 Å². The Hall–Kier alpha value is -3.49. The van der Waals surface area contributed by atoms with Gasteiger partial charge in [-0.3, -0.25) is 10.1 Å². The van der Waals surface area contributed by atoms with Crippen LogP contribution < -0.4 is 20.7 Å². The van der Waals surface area contributed by atoms with Gasteiger partial charge in [-0.05, 0) is 43.3 Å². The molecule has 0 aliphatic carbocycles. The number of hydrogen-bond acceptors (Lipinski definition) is 7. The lowest BCUT2D eigenvalue weighted by molar-refractivity contribution is -0.256. The summed E-state index contributed by atoms with van der Waals surface area (Å²) in [6, 6.07) is 6.23. The lowest BCUT2D eigenvalue weighted by atomic mass is 9.91. The second-order valence-corrected chi connectivity index (χ2v) is 9.45. The average molecular weight is 557 g/mol. The quantitative estimate of drug-likeness (QED) is 0.318. The molecule has 204 valence electrons. The Morgan fingerprint density at radius 1 is 1.16 bits per heavy atom. The first-order valence-electron chi connectivity index (χ1n) is 11.6. The molecule has 2 aromatic carbocycles. The molecule has 1 saturated heterocycles. The Morgan fingerprint density at radius 2 is 1.84 bits per heavy atom. The fourth-order valence-corrected chi connectivity index (χ4v) is 4.75. The lowest BCUT2D eigenvalue weighted by Crippen LogP contribution is -2.54. The molecule has 14 heteroatoms. The van der Waals surface area contributed by atoms with Crippen molar-refractivity contribution in [2.75, 3.05) is 30.4 Å². The molecule has 0 radical (unpaired) electrons. The Bertz CT molecular complexity index is 1310. The molecule has 4 N–H and O–H groups in total.